The van der Waals surface area contributed by atoms with Crippen LogP contribution in [0.5, 0.6) is 5.75 Å². The van der Waals surface area contributed by atoms with Crippen LogP contribution in [0.4, 0.5) is 0 Å². The van der Waals surface area contributed by atoms with E-state index in [2.05, 4.69) is 4.98 Å². The maximum absolute atomic E-state index is 12.4. The van der Waals surface area contributed by atoms with Gasteiger partial charge in [0.1, 0.15) is 12.4 Å². The summed E-state index contributed by atoms with van der Waals surface area (Å²) in [5.74, 6) is 0.779. The fourth-order valence-corrected chi connectivity index (χ4v) is 2.89. The second-order valence-corrected chi connectivity index (χ2v) is 5.94. The van der Waals surface area contributed by atoms with Gasteiger partial charge in [0.2, 0.25) is 0 Å². The summed E-state index contributed by atoms with van der Waals surface area (Å²) in [5, 5.41) is 1.96. The number of morpholine rings is 1. The second kappa shape index (κ2) is 6.89. The molecule has 1 atom stereocenters. The van der Waals surface area contributed by atoms with E-state index in [4.69, 9.17) is 9.47 Å². The first-order valence-electron chi connectivity index (χ1n) is 7.23. The van der Waals surface area contributed by atoms with Crippen molar-refractivity contribution in [1.82, 2.24) is 9.88 Å². The van der Waals surface area contributed by atoms with Crippen LogP contribution < -0.4 is 4.74 Å². The molecule has 0 radical (unpaired) electrons. The Balaban J connectivity index is 1.59. The molecule has 0 aliphatic carbocycles. The van der Waals surface area contributed by atoms with Gasteiger partial charge in [-0.3, -0.25) is 4.79 Å². The molecule has 1 aliphatic heterocycles. The Bertz CT molecular complexity index is 613. The Morgan fingerprint density at radius 2 is 2.27 bits per heavy atom. The molecule has 2 aromatic rings. The molecule has 1 fully saturated rings. The lowest BCUT2D eigenvalue weighted by molar-refractivity contribution is -0.0124. The van der Waals surface area contributed by atoms with Gasteiger partial charge >= 0.3 is 0 Å². The van der Waals surface area contributed by atoms with Gasteiger partial charge in [0.05, 0.1) is 23.9 Å². The van der Waals surface area contributed by atoms with Gasteiger partial charge in [-0.15, -0.1) is 11.3 Å². The molecule has 1 saturated heterocycles. The smallest absolute Gasteiger partial charge is 0.254 e. The highest BCUT2D eigenvalue weighted by atomic mass is 32.1. The average Bonchev–Trinajstić information content (AvgIpc) is 3.06. The van der Waals surface area contributed by atoms with E-state index in [0.717, 1.165) is 11.4 Å². The van der Waals surface area contributed by atoms with E-state index >= 15 is 0 Å². The van der Waals surface area contributed by atoms with Gasteiger partial charge in [-0.2, -0.15) is 0 Å². The molecular weight excluding hydrogens is 300 g/mol. The minimum Gasteiger partial charge on any atom is -0.487 e. The minimum absolute atomic E-state index is 0.0428. The topological polar surface area (TPSA) is 51.7 Å². The Hall–Kier alpha value is -1.92. The molecule has 2 heterocycles. The molecular formula is C16H18N2O3S. The third-order valence-electron chi connectivity index (χ3n) is 3.50. The molecule has 1 amide bonds. The van der Waals surface area contributed by atoms with E-state index in [1.54, 1.807) is 29.0 Å². The van der Waals surface area contributed by atoms with Gasteiger partial charge < -0.3 is 14.4 Å². The van der Waals surface area contributed by atoms with Gasteiger partial charge in [-0.25, -0.2) is 4.98 Å². The zero-order valence-electron chi connectivity index (χ0n) is 12.4. The van der Waals surface area contributed by atoms with Crippen LogP contribution in [0.1, 0.15) is 23.0 Å². The molecule has 0 N–H and O–H groups in total. The molecule has 0 saturated carbocycles. The highest BCUT2D eigenvalue weighted by Crippen LogP contribution is 2.16. The summed E-state index contributed by atoms with van der Waals surface area (Å²) in [4.78, 5) is 18.4. The molecule has 6 heteroatoms. The largest absolute Gasteiger partial charge is 0.487 e. The standard InChI is InChI=1S/C16H18N2O3S/c1-12-8-18(6-7-20-12)16(19)13-2-4-15(5-3-13)21-9-14-10-22-11-17-14/h2-5,10-12H,6-9H2,1H3. The van der Waals surface area contributed by atoms with Crippen LogP contribution in [-0.4, -0.2) is 41.6 Å². The van der Waals surface area contributed by atoms with E-state index in [1.807, 2.05) is 29.3 Å². The average molecular weight is 318 g/mol. The van der Waals surface area contributed by atoms with Crippen molar-refractivity contribution in [2.45, 2.75) is 19.6 Å². The molecule has 5 nitrogen and oxygen atoms in total. The fraction of sp³-hybridized carbons (Fsp3) is 0.375. The Labute approximate surface area is 133 Å². The first kappa shape index (κ1) is 15.0. The Morgan fingerprint density at radius 1 is 1.45 bits per heavy atom. The number of benzene rings is 1. The number of thiazole rings is 1. The summed E-state index contributed by atoms with van der Waals surface area (Å²) in [7, 11) is 0. The van der Waals surface area contributed by atoms with Crippen LogP contribution >= 0.6 is 11.3 Å². The lowest BCUT2D eigenvalue weighted by Gasteiger charge is -2.31. The number of aromatic nitrogens is 1. The lowest BCUT2D eigenvalue weighted by atomic mass is 10.1. The van der Waals surface area contributed by atoms with Crippen LogP contribution in [0.3, 0.4) is 0 Å². The molecule has 0 spiro atoms. The summed E-state index contributed by atoms with van der Waals surface area (Å²) in [6.07, 6.45) is 0.0958. The van der Waals surface area contributed by atoms with E-state index in [0.29, 0.717) is 31.9 Å². The number of carbonyl (C=O) groups excluding carboxylic acids is 1. The van der Waals surface area contributed by atoms with Gasteiger partial charge in [-0.1, -0.05) is 0 Å². The monoisotopic (exact) mass is 318 g/mol. The first-order valence-corrected chi connectivity index (χ1v) is 8.17. The molecule has 22 heavy (non-hydrogen) atoms. The van der Waals surface area contributed by atoms with E-state index < -0.39 is 0 Å². The van der Waals surface area contributed by atoms with Gasteiger partial charge in [0, 0.05) is 24.0 Å². The number of hydrogen-bond acceptors (Lipinski definition) is 5. The van der Waals surface area contributed by atoms with Crippen LogP contribution in [0.15, 0.2) is 35.2 Å². The number of rotatable bonds is 4. The molecule has 1 aliphatic rings. The van der Waals surface area contributed by atoms with Crippen molar-refractivity contribution in [3.63, 3.8) is 0 Å². The predicted octanol–water partition coefficient (Wildman–Crippen LogP) is 2.58. The highest BCUT2D eigenvalue weighted by molar-refractivity contribution is 7.07. The van der Waals surface area contributed by atoms with Gasteiger partial charge in [0.15, 0.2) is 0 Å². The predicted molar refractivity (Wildman–Crippen MR) is 84.2 cm³/mol. The quantitative estimate of drug-likeness (QED) is 0.869. The Kier molecular flexibility index (Phi) is 4.70. The van der Waals surface area contributed by atoms with Gasteiger partial charge in [-0.05, 0) is 31.2 Å². The number of carbonyl (C=O) groups is 1. The van der Waals surface area contributed by atoms with Crippen LogP contribution in [-0.2, 0) is 11.3 Å². The summed E-state index contributed by atoms with van der Waals surface area (Å²) < 4.78 is 11.1. The van der Waals surface area contributed by atoms with E-state index in [9.17, 15) is 4.79 Å². The first-order chi connectivity index (χ1) is 10.7. The van der Waals surface area contributed by atoms with Crippen molar-refractivity contribution in [2.24, 2.45) is 0 Å². The normalized spacial score (nSPS) is 18.2. The van der Waals surface area contributed by atoms with E-state index in [-0.39, 0.29) is 12.0 Å². The number of ether oxygens (including phenoxy) is 2. The zero-order chi connectivity index (χ0) is 15.4. The summed E-state index contributed by atoms with van der Waals surface area (Å²) in [6, 6.07) is 7.25. The lowest BCUT2D eigenvalue weighted by Crippen LogP contribution is -2.44. The number of amides is 1. The molecule has 3 rings (SSSR count). The second-order valence-electron chi connectivity index (χ2n) is 5.23. The SMILES string of the molecule is CC1CN(C(=O)c2ccc(OCc3cscn3)cc2)CCO1. The van der Waals surface area contributed by atoms with Crippen molar-refractivity contribution >= 4 is 17.2 Å². The van der Waals surface area contributed by atoms with Crippen LogP contribution in [0, 0.1) is 0 Å². The third-order valence-corrected chi connectivity index (χ3v) is 4.14. The van der Waals surface area contributed by atoms with Crippen LogP contribution in [0.25, 0.3) is 0 Å². The number of nitrogens with zero attached hydrogens (tertiary/aromatic N) is 2. The van der Waals surface area contributed by atoms with Crippen molar-refractivity contribution in [3.05, 3.63) is 46.4 Å². The molecule has 1 aromatic carbocycles. The van der Waals surface area contributed by atoms with Crippen LogP contribution in [0.2, 0.25) is 0 Å². The maximum atomic E-state index is 12.4. The van der Waals surface area contributed by atoms with Crippen molar-refractivity contribution in [3.8, 4) is 5.75 Å². The fourth-order valence-electron chi connectivity index (χ4n) is 2.35. The summed E-state index contributed by atoms with van der Waals surface area (Å²) in [5.41, 5.74) is 3.37. The molecule has 0 bridgehead atoms. The molecule has 1 unspecified atom stereocenters. The molecule has 116 valence electrons. The minimum atomic E-state index is 0.0428. The van der Waals surface area contributed by atoms with Crippen molar-refractivity contribution < 1.29 is 14.3 Å². The van der Waals surface area contributed by atoms with Gasteiger partial charge in [0.25, 0.3) is 5.91 Å². The van der Waals surface area contributed by atoms with E-state index in [1.165, 1.54) is 0 Å². The van der Waals surface area contributed by atoms with Crippen molar-refractivity contribution in [2.75, 3.05) is 19.7 Å². The zero-order valence-corrected chi connectivity index (χ0v) is 13.2. The highest BCUT2D eigenvalue weighted by Gasteiger charge is 2.22. The summed E-state index contributed by atoms with van der Waals surface area (Å²) in [6.45, 7) is 4.31. The third kappa shape index (κ3) is 3.64. The van der Waals surface area contributed by atoms with Crippen molar-refractivity contribution in [1.29, 1.82) is 0 Å². The molecule has 1 aromatic heterocycles. The Morgan fingerprint density at radius 3 is 2.95 bits per heavy atom. The number of hydrogen-bond donors (Lipinski definition) is 0. The maximum Gasteiger partial charge on any atom is 0.254 e. The summed E-state index contributed by atoms with van der Waals surface area (Å²) >= 11 is 1.55.